The average Bonchev–Trinajstić information content (AvgIpc) is 3.21. The summed E-state index contributed by atoms with van der Waals surface area (Å²) in [5.74, 6) is -0.215. The van der Waals surface area contributed by atoms with Gasteiger partial charge < -0.3 is 14.4 Å². The third kappa shape index (κ3) is 6.74. The number of aliphatic hydroxyl groups excluding tert-OH is 1. The maximum Gasteiger partial charge on any atom is 0.123 e. The molecule has 0 radical (unpaired) electrons. The van der Waals surface area contributed by atoms with Crippen LogP contribution in [-0.4, -0.2) is 65.0 Å². The molecule has 32 heavy (non-hydrogen) atoms. The van der Waals surface area contributed by atoms with Crippen LogP contribution in [0.5, 0.6) is 0 Å². The molecule has 1 aromatic heterocycles. The van der Waals surface area contributed by atoms with Gasteiger partial charge in [0.1, 0.15) is 5.82 Å². The van der Waals surface area contributed by atoms with Crippen LogP contribution in [0.2, 0.25) is 0 Å². The van der Waals surface area contributed by atoms with Crippen LogP contribution in [0.15, 0.2) is 72.9 Å². The first-order chi connectivity index (χ1) is 15.7. The largest absolute Gasteiger partial charge is 0.390 e. The summed E-state index contributed by atoms with van der Waals surface area (Å²) in [7, 11) is 0. The van der Waals surface area contributed by atoms with E-state index in [0.29, 0.717) is 26.2 Å². The number of β-amino-alcohol motifs (C(OH)–C–C–N with tert-alkyl or cyclic N) is 1. The van der Waals surface area contributed by atoms with Crippen LogP contribution in [0.1, 0.15) is 16.8 Å². The van der Waals surface area contributed by atoms with E-state index in [-0.39, 0.29) is 5.82 Å². The van der Waals surface area contributed by atoms with Crippen LogP contribution < -0.4 is 0 Å². The minimum atomic E-state index is -0.441. The van der Waals surface area contributed by atoms with E-state index < -0.39 is 6.10 Å². The summed E-state index contributed by atoms with van der Waals surface area (Å²) in [5, 5.41) is 10.8. The second-order valence-electron chi connectivity index (χ2n) is 8.48. The van der Waals surface area contributed by atoms with E-state index in [9.17, 15) is 9.50 Å². The first-order valence-electron chi connectivity index (χ1n) is 11.3. The molecule has 2 aromatic carbocycles. The zero-order chi connectivity index (χ0) is 22.2. The third-order valence-electron chi connectivity index (χ3n) is 5.84. The Morgan fingerprint density at radius 1 is 0.938 bits per heavy atom. The Morgan fingerprint density at radius 3 is 2.50 bits per heavy atom. The average molecular weight is 438 g/mol. The molecule has 1 aliphatic heterocycles. The number of rotatable bonds is 10. The minimum Gasteiger partial charge on any atom is -0.390 e. The second kappa shape index (κ2) is 11.4. The number of halogens is 1. The van der Waals surface area contributed by atoms with Gasteiger partial charge in [-0.2, -0.15) is 0 Å². The van der Waals surface area contributed by atoms with Gasteiger partial charge in [-0.05, 0) is 35.4 Å². The maximum absolute atomic E-state index is 13.6. The number of benzene rings is 2. The zero-order valence-electron chi connectivity index (χ0n) is 18.4. The van der Waals surface area contributed by atoms with Gasteiger partial charge in [0.25, 0.3) is 0 Å². The van der Waals surface area contributed by atoms with Crippen LogP contribution in [0.4, 0.5) is 4.39 Å². The summed E-state index contributed by atoms with van der Waals surface area (Å²) >= 11 is 0. The quantitative estimate of drug-likeness (QED) is 0.528. The fourth-order valence-electron chi connectivity index (χ4n) is 4.27. The Kier molecular flexibility index (Phi) is 8.07. The highest BCUT2D eigenvalue weighted by Crippen LogP contribution is 2.15. The summed E-state index contributed by atoms with van der Waals surface area (Å²) in [6.07, 6.45) is 1.59. The van der Waals surface area contributed by atoms with Crippen molar-refractivity contribution in [3.63, 3.8) is 0 Å². The molecule has 4 rings (SSSR count). The topological polar surface area (TPSA) is 40.9 Å². The zero-order valence-corrected chi connectivity index (χ0v) is 18.4. The van der Waals surface area contributed by atoms with E-state index in [2.05, 4.69) is 32.6 Å². The lowest BCUT2D eigenvalue weighted by Crippen LogP contribution is -2.44. The Labute approximate surface area is 189 Å². The molecule has 1 aliphatic rings. The Balaban J connectivity index is 1.44. The summed E-state index contributed by atoms with van der Waals surface area (Å²) in [5.41, 5.74) is 3.29. The van der Waals surface area contributed by atoms with Crippen LogP contribution >= 0.6 is 0 Å². The van der Waals surface area contributed by atoms with Crippen molar-refractivity contribution in [1.29, 1.82) is 0 Å². The highest BCUT2D eigenvalue weighted by Gasteiger charge is 2.19. The van der Waals surface area contributed by atoms with Gasteiger partial charge >= 0.3 is 0 Å². The summed E-state index contributed by atoms with van der Waals surface area (Å²) in [6.45, 7) is 6.51. The monoisotopic (exact) mass is 437 g/mol. The van der Waals surface area contributed by atoms with E-state index in [4.69, 9.17) is 4.74 Å². The lowest BCUT2D eigenvalue weighted by atomic mass is 10.2. The first-order valence-corrected chi connectivity index (χ1v) is 11.3. The van der Waals surface area contributed by atoms with Gasteiger partial charge in [0, 0.05) is 57.7 Å². The molecule has 1 unspecified atom stereocenters. The van der Waals surface area contributed by atoms with Gasteiger partial charge in [-0.3, -0.25) is 9.80 Å². The molecule has 6 heteroatoms. The molecule has 1 fully saturated rings. The molecule has 3 aromatic rings. The van der Waals surface area contributed by atoms with Crippen molar-refractivity contribution in [2.24, 2.45) is 0 Å². The van der Waals surface area contributed by atoms with Crippen molar-refractivity contribution in [3.05, 3.63) is 95.6 Å². The van der Waals surface area contributed by atoms with Crippen LogP contribution in [0, 0.1) is 5.82 Å². The molecule has 0 spiro atoms. The molecule has 1 N–H and O–H groups in total. The maximum atomic E-state index is 13.6. The lowest BCUT2D eigenvalue weighted by Gasteiger charge is -2.31. The number of aromatic nitrogens is 1. The number of aliphatic hydroxyl groups is 1. The molecule has 170 valence electrons. The molecular formula is C26H32FN3O2. The van der Waals surface area contributed by atoms with Crippen molar-refractivity contribution >= 4 is 0 Å². The standard InChI is InChI=1S/C26H32FN3O2/c27-24-9-4-8-23(16-24)18-30-11-5-10-25(30)19-29(17-22-6-2-1-3-7-22)21-26(31)20-28-12-14-32-15-13-28/h1-11,16,26,31H,12-15,17-21H2. The molecule has 0 amide bonds. The fraction of sp³-hybridized carbons (Fsp3) is 0.385. The van der Waals surface area contributed by atoms with E-state index in [0.717, 1.165) is 44.1 Å². The first kappa shape index (κ1) is 22.7. The van der Waals surface area contributed by atoms with E-state index in [1.165, 1.54) is 11.6 Å². The Bertz CT molecular complexity index is 956. The smallest absolute Gasteiger partial charge is 0.123 e. The van der Waals surface area contributed by atoms with Gasteiger partial charge in [0.15, 0.2) is 0 Å². The van der Waals surface area contributed by atoms with Crippen molar-refractivity contribution in [3.8, 4) is 0 Å². The van der Waals surface area contributed by atoms with Crippen molar-refractivity contribution in [2.75, 3.05) is 39.4 Å². The number of hydrogen-bond acceptors (Lipinski definition) is 4. The number of nitrogens with zero attached hydrogens (tertiary/aromatic N) is 3. The van der Waals surface area contributed by atoms with Gasteiger partial charge in [-0.25, -0.2) is 4.39 Å². The molecule has 0 aliphatic carbocycles. The Hall–Kier alpha value is -2.51. The van der Waals surface area contributed by atoms with E-state index >= 15 is 0 Å². The van der Waals surface area contributed by atoms with E-state index in [1.807, 2.05) is 36.5 Å². The van der Waals surface area contributed by atoms with Crippen molar-refractivity contribution in [1.82, 2.24) is 14.4 Å². The minimum absolute atomic E-state index is 0.215. The van der Waals surface area contributed by atoms with Crippen LogP contribution in [0.3, 0.4) is 0 Å². The highest BCUT2D eigenvalue weighted by atomic mass is 19.1. The van der Waals surface area contributed by atoms with Gasteiger partial charge in [-0.15, -0.1) is 0 Å². The molecule has 1 saturated heterocycles. The van der Waals surface area contributed by atoms with Gasteiger partial charge in [-0.1, -0.05) is 42.5 Å². The van der Waals surface area contributed by atoms with Gasteiger partial charge in [0.2, 0.25) is 0 Å². The molecule has 1 atom stereocenters. The van der Waals surface area contributed by atoms with Gasteiger partial charge in [0.05, 0.1) is 19.3 Å². The van der Waals surface area contributed by atoms with Crippen molar-refractivity contribution < 1.29 is 14.2 Å². The number of morpholine rings is 1. The predicted octanol–water partition coefficient (Wildman–Crippen LogP) is 3.37. The number of ether oxygens (including phenoxy) is 1. The van der Waals surface area contributed by atoms with Crippen molar-refractivity contribution in [2.45, 2.75) is 25.7 Å². The molecule has 0 saturated carbocycles. The number of hydrogen-bond donors (Lipinski definition) is 1. The molecule has 2 heterocycles. The third-order valence-corrected chi connectivity index (χ3v) is 5.84. The molecular weight excluding hydrogens is 405 g/mol. The fourth-order valence-corrected chi connectivity index (χ4v) is 4.27. The summed E-state index contributed by atoms with van der Waals surface area (Å²) < 4.78 is 21.2. The molecule has 5 nitrogen and oxygen atoms in total. The second-order valence-corrected chi connectivity index (χ2v) is 8.48. The normalized spacial score (nSPS) is 15.8. The molecule has 0 bridgehead atoms. The summed E-state index contributed by atoms with van der Waals surface area (Å²) in [4.78, 5) is 4.55. The van der Waals surface area contributed by atoms with Crippen LogP contribution in [-0.2, 0) is 24.4 Å². The van der Waals surface area contributed by atoms with Crippen LogP contribution in [0.25, 0.3) is 0 Å². The summed E-state index contributed by atoms with van der Waals surface area (Å²) in [6, 6.07) is 21.2. The van der Waals surface area contributed by atoms with E-state index in [1.54, 1.807) is 12.1 Å². The lowest BCUT2D eigenvalue weighted by molar-refractivity contribution is 0.00540. The predicted molar refractivity (Wildman–Crippen MR) is 124 cm³/mol. The SMILES string of the molecule is OC(CN1CCOCC1)CN(Cc1ccccc1)Cc1cccn1Cc1cccc(F)c1. The Morgan fingerprint density at radius 2 is 1.72 bits per heavy atom. The highest BCUT2D eigenvalue weighted by molar-refractivity contribution is 5.19.